The summed E-state index contributed by atoms with van der Waals surface area (Å²) in [4.78, 5) is 13.1. The van der Waals surface area contributed by atoms with Gasteiger partial charge in [-0.1, -0.05) is 84.4 Å². The standard InChI is InChI=1S/C22H20ClNO/c1-16(17-12-14-20(23)15-13-17)24-22(25)21(18-8-4-2-5-9-18)19-10-6-3-7-11-19/h2-16,21H,1H3,(H,24,25)/t16-/m1/s1. The number of rotatable bonds is 5. The van der Waals surface area contributed by atoms with Gasteiger partial charge in [0.25, 0.3) is 0 Å². The summed E-state index contributed by atoms with van der Waals surface area (Å²) in [7, 11) is 0. The third-order valence-electron chi connectivity index (χ3n) is 4.26. The summed E-state index contributed by atoms with van der Waals surface area (Å²) in [5.74, 6) is -0.350. The Bertz CT molecular complexity index is 776. The van der Waals surface area contributed by atoms with Crippen LogP contribution in [0.2, 0.25) is 5.02 Å². The molecule has 126 valence electrons. The van der Waals surface area contributed by atoms with Crippen molar-refractivity contribution >= 4 is 17.5 Å². The molecule has 0 spiro atoms. The van der Waals surface area contributed by atoms with Crippen molar-refractivity contribution in [3.8, 4) is 0 Å². The van der Waals surface area contributed by atoms with E-state index in [0.29, 0.717) is 5.02 Å². The minimum absolute atomic E-state index is 0.0140. The topological polar surface area (TPSA) is 29.1 Å². The van der Waals surface area contributed by atoms with Crippen LogP contribution in [-0.2, 0) is 4.79 Å². The lowest BCUT2D eigenvalue weighted by molar-refractivity contribution is -0.122. The van der Waals surface area contributed by atoms with Crippen molar-refractivity contribution in [1.29, 1.82) is 0 Å². The molecule has 1 atom stereocenters. The number of amides is 1. The Morgan fingerprint density at radius 1 is 0.760 bits per heavy atom. The van der Waals surface area contributed by atoms with Gasteiger partial charge in [0.15, 0.2) is 0 Å². The fourth-order valence-corrected chi connectivity index (χ4v) is 3.04. The maximum Gasteiger partial charge on any atom is 0.232 e. The van der Waals surface area contributed by atoms with Crippen molar-refractivity contribution in [2.45, 2.75) is 18.9 Å². The SMILES string of the molecule is C[C@@H](NC(=O)C(c1ccccc1)c1ccccc1)c1ccc(Cl)cc1. The molecule has 3 rings (SSSR count). The van der Waals surface area contributed by atoms with Gasteiger partial charge in [-0.05, 0) is 35.7 Å². The monoisotopic (exact) mass is 349 g/mol. The van der Waals surface area contributed by atoms with Crippen LogP contribution in [-0.4, -0.2) is 5.91 Å². The molecule has 1 N–H and O–H groups in total. The molecule has 3 aromatic carbocycles. The zero-order valence-electron chi connectivity index (χ0n) is 14.0. The van der Waals surface area contributed by atoms with Gasteiger partial charge in [0.1, 0.15) is 0 Å². The Morgan fingerprint density at radius 2 is 1.24 bits per heavy atom. The van der Waals surface area contributed by atoms with E-state index in [2.05, 4.69) is 5.32 Å². The molecule has 0 saturated carbocycles. The van der Waals surface area contributed by atoms with E-state index in [0.717, 1.165) is 16.7 Å². The number of carbonyl (C=O) groups excluding carboxylic acids is 1. The van der Waals surface area contributed by atoms with Gasteiger partial charge in [-0.2, -0.15) is 0 Å². The number of hydrogen-bond acceptors (Lipinski definition) is 1. The molecule has 0 bridgehead atoms. The summed E-state index contributed by atoms with van der Waals surface area (Å²) >= 11 is 5.95. The van der Waals surface area contributed by atoms with Crippen LogP contribution < -0.4 is 5.32 Å². The van der Waals surface area contributed by atoms with Crippen LogP contribution in [0.5, 0.6) is 0 Å². The summed E-state index contributed by atoms with van der Waals surface area (Å²) in [6.45, 7) is 1.98. The third-order valence-corrected chi connectivity index (χ3v) is 4.51. The first-order valence-corrected chi connectivity index (χ1v) is 8.68. The second-order valence-corrected chi connectivity index (χ2v) is 6.47. The molecule has 0 fully saturated rings. The first kappa shape index (κ1) is 17.2. The van der Waals surface area contributed by atoms with Gasteiger partial charge in [0, 0.05) is 5.02 Å². The third kappa shape index (κ3) is 4.28. The van der Waals surface area contributed by atoms with Crippen molar-refractivity contribution in [3.05, 3.63) is 107 Å². The Morgan fingerprint density at radius 3 is 1.72 bits per heavy atom. The molecule has 0 aliphatic rings. The van der Waals surface area contributed by atoms with E-state index >= 15 is 0 Å². The smallest absolute Gasteiger partial charge is 0.232 e. The number of hydrogen-bond donors (Lipinski definition) is 1. The van der Waals surface area contributed by atoms with E-state index in [1.807, 2.05) is 91.9 Å². The molecule has 2 nitrogen and oxygen atoms in total. The normalized spacial score (nSPS) is 12.0. The van der Waals surface area contributed by atoms with Crippen molar-refractivity contribution < 1.29 is 4.79 Å². The Hall–Kier alpha value is -2.58. The van der Waals surface area contributed by atoms with Crippen molar-refractivity contribution in [3.63, 3.8) is 0 Å². The minimum atomic E-state index is -0.336. The summed E-state index contributed by atoms with van der Waals surface area (Å²) < 4.78 is 0. The van der Waals surface area contributed by atoms with Crippen molar-refractivity contribution in [2.75, 3.05) is 0 Å². The van der Waals surface area contributed by atoms with E-state index in [1.54, 1.807) is 0 Å². The molecule has 25 heavy (non-hydrogen) atoms. The highest BCUT2D eigenvalue weighted by atomic mass is 35.5. The molecule has 0 radical (unpaired) electrons. The molecule has 0 aliphatic carbocycles. The molecular weight excluding hydrogens is 330 g/mol. The molecule has 0 heterocycles. The van der Waals surface area contributed by atoms with Gasteiger partial charge in [-0.15, -0.1) is 0 Å². The average Bonchev–Trinajstić information content (AvgIpc) is 2.64. The fourth-order valence-electron chi connectivity index (χ4n) is 2.92. The Balaban J connectivity index is 1.86. The zero-order valence-corrected chi connectivity index (χ0v) is 14.8. The first-order chi connectivity index (χ1) is 12.1. The van der Waals surface area contributed by atoms with Crippen LogP contribution >= 0.6 is 11.6 Å². The maximum atomic E-state index is 13.1. The number of benzene rings is 3. The molecule has 0 saturated heterocycles. The number of carbonyl (C=O) groups is 1. The summed E-state index contributed by atoms with van der Waals surface area (Å²) in [5, 5.41) is 3.82. The Labute approximate surface area is 153 Å². The van der Waals surface area contributed by atoms with E-state index in [1.165, 1.54) is 0 Å². The van der Waals surface area contributed by atoms with Crippen LogP contribution in [0.1, 0.15) is 35.6 Å². The molecule has 0 unspecified atom stereocenters. The summed E-state index contributed by atoms with van der Waals surface area (Å²) in [6.07, 6.45) is 0. The molecule has 0 aliphatic heterocycles. The number of halogens is 1. The second-order valence-electron chi connectivity index (χ2n) is 6.04. The van der Waals surface area contributed by atoms with Gasteiger partial charge in [-0.3, -0.25) is 4.79 Å². The summed E-state index contributed by atoms with van der Waals surface area (Å²) in [6, 6.07) is 27.2. The van der Waals surface area contributed by atoms with Gasteiger partial charge in [-0.25, -0.2) is 0 Å². The lowest BCUT2D eigenvalue weighted by atomic mass is 9.90. The van der Waals surface area contributed by atoms with Gasteiger partial charge >= 0.3 is 0 Å². The van der Waals surface area contributed by atoms with Crippen LogP contribution in [0, 0.1) is 0 Å². The van der Waals surface area contributed by atoms with Crippen LogP contribution in [0.25, 0.3) is 0 Å². The van der Waals surface area contributed by atoms with Gasteiger partial charge < -0.3 is 5.32 Å². The van der Waals surface area contributed by atoms with Crippen LogP contribution in [0.15, 0.2) is 84.9 Å². The highest BCUT2D eigenvalue weighted by molar-refractivity contribution is 6.30. The largest absolute Gasteiger partial charge is 0.349 e. The molecular formula is C22H20ClNO. The van der Waals surface area contributed by atoms with Crippen molar-refractivity contribution in [1.82, 2.24) is 5.32 Å². The Kier molecular flexibility index (Phi) is 5.52. The lowest BCUT2D eigenvalue weighted by Crippen LogP contribution is -2.32. The van der Waals surface area contributed by atoms with Gasteiger partial charge in [0.05, 0.1) is 12.0 Å². The van der Waals surface area contributed by atoms with Crippen LogP contribution in [0.3, 0.4) is 0 Å². The minimum Gasteiger partial charge on any atom is -0.349 e. The highest BCUT2D eigenvalue weighted by Gasteiger charge is 2.24. The highest BCUT2D eigenvalue weighted by Crippen LogP contribution is 2.26. The second kappa shape index (κ2) is 8.00. The molecule has 1 amide bonds. The van der Waals surface area contributed by atoms with E-state index in [9.17, 15) is 4.79 Å². The first-order valence-electron chi connectivity index (χ1n) is 8.31. The van der Waals surface area contributed by atoms with Crippen molar-refractivity contribution in [2.24, 2.45) is 0 Å². The molecule has 3 aromatic rings. The molecule has 3 heteroatoms. The fraction of sp³-hybridized carbons (Fsp3) is 0.136. The van der Waals surface area contributed by atoms with E-state index in [4.69, 9.17) is 11.6 Å². The average molecular weight is 350 g/mol. The number of nitrogens with one attached hydrogen (secondary N) is 1. The lowest BCUT2D eigenvalue weighted by Gasteiger charge is -2.21. The molecule has 0 aromatic heterocycles. The van der Waals surface area contributed by atoms with Crippen LogP contribution in [0.4, 0.5) is 0 Å². The van der Waals surface area contributed by atoms with E-state index < -0.39 is 0 Å². The summed E-state index contributed by atoms with van der Waals surface area (Å²) in [5.41, 5.74) is 2.99. The quantitative estimate of drug-likeness (QED) is 0.661. The maximum absolute atomic E-state index is 13.1. The zero-order chi connectivity index (χ0) is 17.6. The van der Waals surface area contributed by atoms with Gasteiger partial charge in [0.2, 0.25) is 5.91 Å². The predicted molar refractivity (Wildman–Crippen MR) is 103 cm³/mol. The predicted octanol–water partition coefficient (Wildman–Crippen LogP) is 5.35. The van der Waals surface area contributed by atoms with E-state index in [-0.39, 0.29) is 17.9 Å².